The summed E-state index contributed by atoms with van der Waals surface area (Å²) in [5.41, 5.74) is 4.73. The first-order chi connectivity index (χ1) is 8.47. The molecule has 0 heterocycles. The lowest BCUT2D eigenvalue weighted by molar-refractivity contribution is -0.384. The zero-order chi connectivity index (χ0) is 13.7. The molecule has 0 aliphatic heterocycles. The van der Waals surface area contributed by atoms with Crippen LogP contribution in [0.4, 0.5) is 11.4 Å². The maximum Gasteiger partial charge on any atom is 0.296 e. The molecule has 0 spiro atoms. The number of para-hydroxylation sites is 1. The molecule has 0 bridgehead atoms. The number of hydrogen-bond donors (Lipinski definition) is 3. The second-order valence-corrected chi connectivity index (χ2v) is 3.43. The van der Waals surface area contributed by atoms with Gasteiger partial charge in [0.1, 0.15) is 5.75 Å². The van der Waals surface area contributed by atoms with Crippen molar-refractivity contribution in [1.82, 2.24) is 0 Å². The number of carbonyl (C=O) groups excluding carboxylic acids is 1. The van der Waals surface area contributed by atoms with E-state index in [4.69, 9.17) is 12.2 Å². The normalized spacial score (nSPS) is 11.3. The molecule has 1 aromatic carbocycles. The van der Waals surface area contributed by atoms with Gasteiger partial charge in [0.25, 0.3) is 5.69 Å². The van der Waals surface area contributed by atoms with Gasteiger partial charge < -0.3 is 16.2 Å². The van der Waals surface area contributed by atoms with E-state index in [1.54, 1.807) is 0 Å². The van der Waals surface area contributed by atoms with Gasteiger partial charge in [-0.1, -0.05) is 6.07 Å². The molecule has 1 rings (SSSR count). The molecule has 18 heavy (non-hydrogen) atoms. The molecule has 0 saturated carbocycles. The highest BCUT2D eigenvalue weighted by Gasteiger charge is 2.21. The smallest absolute Gasteiger partial charge is 0.296 e. The Kier molecular flexibility index (Phi) is 4.23. The van der Waals surface area contributed by atoms with Crippen LogP contribution in [-0.2, 0) is 4.79 Å². The largest absolute Gasteiger partial charge is 0.505 e. The van der Waals surface area contributed by atoms with Crippen molar-refractivity contribution in [3.63, 3.8) is 0 Å². The molecule has 4 N–H and O–H groups in total. The van der Waals surface area contributed by atoms with E-state index in [0.29, 0.717) is 0 Å². The van der Waals surface area contributed by atoms with E-state index >= 15 is 0 Å². The van der Waals surface area contributed by atoms with Crippen molar-refractivity contribution < 1.29 is 14.8 Å². The molecule has 1 aromatic rings. The van der Waals surface area contributed by atoms with E-state index in [2.05, 4.69) is 11.2 Å². The highest BCUT2D eigenvalue weighted by Crippen LogP contribution is 2.33. The monoisotopic (exact) mass is 249 g/mol. The lowest BCUT2D eigenvalue weighted by atomic mass is 10.2. The Hall–Kier alpha value is -2.59. The Labute approximate surface area is 103 Å². The first kappa shape index (κ1) is 13.5. The summed E-state index contributed by atoms with van der Waals surface area (Å²) in [6.45, 7) is 0. The minimum absolute atomic E-state index is 0.00672. The van der Waals surface area contributed by atoms with E-state index in [1.165, 1.54) is 12.1 Å². The molecular weight excluding hydrogens is 238 g/mol. The average Bonchev–Trinajstić information content (AvgIpc) is 2.31. The molecule has 94 valence electrons. The summed E-state index contributed by atoms with van der Waals surface area (Å²) in [4.78, 5) is 21.6. The molecule has 1 unspecified atom stereocenters. The fraction of sp³-hybridized carbons (Fsp3) is 0.182. The molecule has 7 heteroatoms. The minimum Gasteiger partial charge on any atom is -0.505 e. The van der Waals surface area contributed by atoms with Crippen molar-refractivity contribution in [2.45, 2.75) is 12.5 Å². The predicted molar refractivity (Wildman–Crippen MR) is 64.8 cm³/mol. The predicted octanol–water partition coefficient (Wildman–Crippen LogP) is 0.589. The zero-order valence-corrected chi connectivity index (χ0v) is 9.29. The van der Waals surface area contributed by atoms with Gasteiger partial charge in [-0.3, -0.25) is 14.9 Å². The van der Waals surface area contributed by atoms with Gasteiger partial charge >= 0.3 is 0 Å². The number of nitro groups is 1. The number of terminal acetylenes is 1. The number of nitrogens with two attached hydrogens (primary N) is 1. The maximum absolute atomic E-state index is 11.6. The number of phenols is 1. The van der Waals surface area contributed by atoms with E-state index in [-0.39, 0.29) is 12.1 Å². The van der Waals surface area contributed by atoms with Crippen LogP contribution < -0.4 is 11.1 Å². The fourth-order valence-corrected chi connectivity index (χ4v) is 1.24. The average molecular weight is 249 g/mol. The number of rotatable bonds is 4. The van der Waals surface area contributed by atoms with Crippen molar-refractivity contribution in [3.8, 4) is 18.1 Å². The summed E-state index contributed by atoms with van der Waals surface area (Å²) in [6.07, 6.45) is 4.99. The lowest BCUT2D eigenvalue weighted by Gasteiger charge is -2.10. The van der Waals surface area contributed by atoms with Gasteiger partial charge in [0.15, 0.2) is 5.69 Å². The molecule has 1 atom stereocenters. The minimum atomic E-state index is -0.991. The molecule has 7 nitrogen and oxygen atoms in total. The molecule has 0 aliphatic rings. The summed E-state index contributed by atoms with van der Waals surface area (Å²) in [5.74, 6) is 1.10. The summed E-state index contributed by atoms with van der Waals surface area (Å²) in [6, 6.07) is 2.68. The SMILES string of the molecule is C#CCC(N)C(=O)Nc1c(O)cccc1[N+](=O)[O-]. The van der Waals surface area contributed by atoms with Crippen molar-refractivity contribution >= 4 is 17.3 Å². The summed E-state index contributed by atoms with van der Waals surface area (Å²) >= 11 is 0. The van der Waals surface area contributed by atoms with Crippen LogP contribution in [0.25, 0.3) is 0 Å². The van der Waals surface area contributed by atoms with Gasteiger partial charge in [-0.05, 0) is 6.07 Å². The number of hydrogen-bond acceptors (Lipinski definition) is 5. The summed E-state index contributed by atoms with van der Waals surface area (Å²) in [7, 11) is 0. The van der Waals surface area contributed by atoms with Crippen molar-refractivity contribution in [1.29, 1.82) is 0 Å². The molecule has 0 fully saturated rings. The third-order valence-corrected chi connectivity index (χ3v) is 2.14. The number of amides is 1. The summed E-state index contributed by atoms with van der Waals surface area (Å²) < 4.78 is 0. The van der Waals surface area contributed by atoms with Crippen LogP contribution in [0.5, 0.6) is 5.75 Å². The summed E-state index contributed by atoms with van der Waals surface area (Å²) in [5, 5.41) is 22.4. The second-order valence-electron chi connectivity index (χ2n) is 3.43. The Morgan fingerprint density at radius 3 is 2.89 bits per heavy atom. The van der Waals surface area contributed by atoms with E-state index in [9.17, 15) is 20.0 Å². The molecular formula is C11H11N3O4. The number of phenolic OH excluding ortho intramolecular Hbond substituents is 1. The van der Waals surface area contributed by atoms with Crippen molar-refractivity contribution in [2.24, 2.45) is 5.73 Å². The fourth-order valence-electron chi connectivity index (χ4n) is 1.24. The van der Waals surface area contributed by atoms with Gasteiger partial charge in [0.05, 0.1) is 11.0 Å². The van der Waals surface area contributed by atoms with Gasteiger partial charge in [0, 0.05) is 12.5 Å². The Morgan fingerprint density at radius 2 is 2.33 bits per heavy atom. The molecule has 1 amide bonds. The standard InChI is InChI=1S/C11H11N3O4/c1-2-4-7(12)11(16)13-10-8(14(17)18)5-3-6-9(10)15/h1,3,5-7,15H,4,12H2,(H,13,16). The first-order valence-corrected chi connectivity index (χ1v) is 4.93. The van der Waals surface area contributed by atoms with Crippen LogP contribution in [0.1, 0.15) is 6.42 Å². The van der Waals surface area contributed by atoms with E-state index in [0.717, 1.165) is 6.07 Å². The highest BCUT2D eigenvalue weighted by molar-refractivity contribution is 5.98. The number of benzene rings is 1. The number of nitrogens with zero attached hydrogens (tertiary/aromatic N) is 1. The Morgan fingerprint density at radius 1 is 1.67 bits per heavy atom. The van der Waals surface area contributed by atoms with Crippen molar-refractivity contribution in [2.75, 3.05) is 5.32 Å². The van der Waals surface area contributed by atoms with Gasteiger partial charge in [-0.15, -0.1) is 12.3 Å². The maximum atomic E-state index is 11.6. The first-order valence-electron chi connectivity index (χ1n) is 4.93. The third-order valence-electron chi connectivity index (χ3n) is 2.14. The number of anilines is 1. The van der Waals surface area contributed by atoms with Crippen LogP contribution in [0, 0.1) is 22.5 Å². The quantitative estimate of drug-likeness (QED) is 0.312. The topological polar surface area (TPSA) is 118 Å². The zero-order valence-electron chi connectivity index (χ0n) is 9.29. The van der Waals surface area contributed by atoms with Crippen LogP contribution in [0.15, 0.2) is 18.2 Å². The van der Waals surface area contributed by atoms with Crippen LogP contribution in [-0.4, -0.2) is 22.0 Å². The van der Waals surface area contributed by atoms with Crippen LogP contribution >= 0.6 is 0 Å². The van der Waals surface area contributed by atoms with Gasteiger partial charge in [0.2, 0.25) is 5.91 Å². The van der Waals surface area contributed by atoms with E-state index in [1.807, 2.05) is 0 Å². The Balaban J connectivity index is 3.01. The molecule has 0 radical (unpaired) electrons. The molecule has 0 aliphatic carbocycles. The number of aromatic hydroxyl groups is 1. The molecule has 0 saturated heterocycles. The lowest BCUT2D eigenvalue weighted by Crippen LogP contribution is -2.35. The number of nitrogens with one attached hydrogen (secondary N) is 1. The third kappa shape index (κ3) is 2.96. The second kappa shape index (κ2) is 5.65. The van der Waals surface area contributed by atoms with Crippen LogP contribution in [0.3, 0.4) is 0 Å². The van der Waals surface area contributed by atoms with Crippen molar-refractivity contribution in [3.05, 3.63) is 28.3 Å². The number of carbonyl (C=O) groups is 1. The highest BCUT2D eigenvalue weighted by atomic mass is 16.6. The number of nitro benzene ring substituents is 1. The van der Waals surface area contributed by atoms with Gasteiger partial charge in [-0.2, -0.15) is 0 Å². The van der Waals surface area contributed by atoms with Gasteiger partial charge in [-0.25, -0.2) is 0 Å². The Bertz CT molecular complexity index is 522. The van der Waals surface area contributed by atoms with E-state index < -0.39 is 28.3 Å². The van der Waals surface area contributed by atoms with Crippen LogP contribution in [0.2, 0.25) is 0 Å². The molecule has 0 aromatic heterocycles.